The first-order chi connectivity index (χ1) is 8.47. The van der Waals surface area contributed by atoms with Crippen molar-refractivity contribution in [1.29, 1.82) is 0 Å². The van der Waals surface area contributed by atoms with E-state index in [1.165, 1.54) is 0 Å². The SMILES string of the molecule is Cc1cc(SCc2cc(=O)[nH]n2C)c(Cl)cc1Cl. The quantitative estimate of drug-likeness (QED) is 0.879. The van der Waals surface area contributed by atoms with Crippen molar-refractivity contribution in [2.24, 2.45) is 7.05 Å². The van der Waals surface area contributed by atoms with Gasteiger partial charge in [0.2, 0.25) is 0 Å². The Morgan fingerprint density at radius 3 is 2.61 bits per heavy atom. The number of thioether (sulfide) groups is 1. The molecule has 0 spiro atoms. The normalized spacial score (nSPS) is 10.9. The van der Waals surface area contributed by atoms with Crippen LogP contribution in [0.3, 0.4) is 0 Å². The van der Waals surface area contributed by atoms with E-state index in [0.717, 1.165) is 16.2 Å². The lowest BCUT2D eigenvalue weighted by Crippen LogP contribution is -2.01. The van der Waals surface area contributed by atoms with Crippen LogP contribution in [0.15, 0.2) is 27.9 Å². The second-order valence-electron chi connectivity index (χ2n) is 3.99. The van der Waals surface area contributed by atoms with E-state index in [9.17, 15) is 4.79 Å². The molecule has 0 aliphatic carbocycles. The lowest BCUT2D eigenvalue weighted by molar-refractivity contribution is 0.727. The molecule has 0 saturated carbocycles. The van der Waals surface area contributed by atoms with Gasteiger partial charge in [-0.2, -0.15) is 0 Å². The number of H-pyrrole nitrogens is 1. The third kappa shape index (κ3) is 2.94. The molecule has 6 heteroatoms. The van der Waals surface area contributed by atoms with Crippen LogP contribution in [0.25, 0.3) is 0 Å². The van der Waals surface area contributed by atoms with Gasteiger partial charge in [0, 0.05) is 28.8 Å². The molecule has 1 aromatic heterocycles. The van der Waals surface area contributed by atoms with Gasteiger partial charge in [0.15, 0.2) is 0 Å². The number of aryl methyl sites for hydroxylation is 2. The third-order valence-electron chi connectivity index (χ3n) is 2.60. The summed E-state index contributed by atoms with van der Waals surface area (Å²) in [6.45, 7) is 1.94. The number of benzene rings is 1. The van der Waals surface area contributed by atoms with Crippen molar-refractivity contribution in [2.75, 3.05) is 0 Å². The molecule has 2 rings (SSSR count). The molecule has 0 fully saturated rings. The molecule has 3 nitrogen and oxygen atoms in total. The van der Waals surface area contributed by atoms with Crippen molar-refractivity contribution in [2.45, 2.75) is 17.6 Å². The maximum atomic E-state index is 11.2. The van der Waals surface area contributed by atoms with Crippen LogP contribution in [0.5, 0.6) is 0 Å². The van der Waals surface area contributed by atoms with Crippen LogP contribution in [0, 0.1) is 6.92 Å². The Bertz CT molecular complexity index is 633. The second kappa shape index (κ2) is 5.43. The zero-order valence-electron chi connectivity index (χ0n) is 9.96. The summed E-state index contributed by atoms with van der Waals surface area (Å²) in [7, 11) is 1.81. The molecule has 0 radical (unpaired) electrons. The maximum Gasteiger partial charge on any atom is 0.264 e. The van der Waals surface area contributed by atoms with Gasteiger partial charge < -0.3 is 0 Å². The second-order valence-corrected chi connectivity index (χ2v) is 5.82. The molecule has 96 valence electrons. The smallest absolute Gasteiger partial charge is 0.264 e. The van der Waals surface area contributed by atoms with Gasteiger partial charge in [0.1, 0.15) is 0 Å². The number of halogens is 2. The highest BCUT2D eigenvalue weighted by atomic mass is 35.5. The van der Waals surface area contributed by atoms with E-state index in [1.54, 1.807) is 28.6 Å². The fraction of sp³-hybridized carbons (Fsp3) is 0.250. The first kappa shape index (κ1) is 13.6. The van der Waals surface area contributed by atoms with Crippen molar-refractivity contribution in [3.8, 4) is 0 Å². The van der Waals surface area contributed by atoms with E-state index in [2.05, 4.69) is 5.10 Å². The summed E-state index contributed by atoms with van der Waals surface area (Å²) in [5.74, 6) is 0.677. The first-order valence-electron chi connectivity index (χ1n) is 5.30. The van der Waals surface area contributed by atoms with Gasteiger partial charge in [0.25, 0.3) is 5.56 Å². The van der Waals surface area contributed by atoms with Crippen LogP contribution in [0.1, 0.15) is 11.3 Å². The average Bonchev–Trinajstić information content (AvgIpc) is 2.61. The summed E-state index contributed by atoms with van der Waals surface area (Å²) in [6, 6.07) is 5.29. The third-order valence-corrected chi connectivity index (χ3v) is 4.52. The molecule has 0 bridgehead atoms. The Labute approximate surface area is 119 Å². The molecule has 0 aliphatic rings. The molecule has 1 N–H and O–H groups in total. The zero-order valence-corrected chi connectivity index (χ0v) is 12.3. The topological polar surface area (TPSA) is 37.8 Å². The number of nitrogens with zero attached hydrogens (tertiary/aromatic N) is 1. The Balaban J connectivity index is 2.18. The lowest BCUT2D eigenvalue weighted by atomic mass is 10.2. The zero-order chi connectivity index (χ0) is 13.3. The van der Waals surface area contributed by atoms with Crippen LogP contribution in [-0.4, -0.2) is 9.78 Å². The van der Waals surface area contributed by atoms with Crippen LogP contribution in [0.4, 0.5) is 0 Å². The highest BCUT2D eigenvalue weighted by molar-refractivity contribution is 7.98. The molecular weight excluding hydrogens is 291 g/mol. The number of aromatic amines is 1. The van der Waals surface area contributed by atoms with Crippen molar-refractivity contribution in [1.82, 2.24) is 9.78 Å². The molecule has 0 saturated heterocycles. The van der Waals surface area contributed by atoms with E-state index < -0.39 is 0 Å². The van der Waals surface area contributed by atoms with Crippen molar-refractivity contribution in [3.05, 3.63) is 49.9 Å². The lowest BCUT2D eigenvalue weighted by Gasteiger charge is -2.07. The summed E-state index contributed by atoms with van der Waals surface area (Å²) in [6.07, 6.45) is 0. The predicted molar refractivity (Wildman–Crippen MR) is 76.8 cm³/mol. The summed E-state index contributed by atoms with van der Waals surface area (Å²) in [5, 5.41) is 3.97. The van der Waals surface area contributed by atoms with Gasteiger partial charge >= 0.3 is 0 Å². The Kier molecular flexibility index (Phi) is 4.10. The maximum absolute atomic E-state index is 11.2. The minimum Gasteiger partial charge on any atom is -0.291 e. The van der Waals surface area contributed by atoms with Gasteiger partial charge in [-0.05, 0) is 24.6 Å². The van der Waals surface area contributed by atoms with Crippen molar-refractivity contribution in [3.63, 3.8) is 0 Å². The van der Waals surface area contributed by atoms with Gasteiger partial charge in [-0.15, -0.1) is 11.8 Å². The molecule has 0 unspecified atom stereocenters. The highest BCUT2D eigenvalue weighted by Crippen LogP contribution is 2.33. The van der Waals surface area contributed by atoms with Crippen LogP contribution in [0.2, 0.25) is 10.0 Å². The van der Waals surface area contributed by atoms with Crippen molar-refractivity contribution >= 4 is 35.0 Å². The van der Waals surface area contributed by atoms with E-state index in [4.69, 9.17) is 23.2 Å². The van der Waals surface area contributed by atoms with Gasteiger partial charge in [-0.3, -0.25) is 14.6 Å². The monoisotopic (exact) mass is 302 g/mol. The van der Waals surface area contributed by atoms with E-state index in [1.807, 2.05) is 20.0 Å². The molecule has 1 heterocycles. The number of aromatic nitrogens is 2. The molecule has 0 amide bonds. The van der Waals surface area contributed by atoms with Gasteiger partial charge in [-0.25, -0.2) is 0 Å². The minimum atomic E-state index is -0.0912. The molecule has 18 heavy (non-hydrogen) atoms. The largest absolute Gasteiger partial charge is 0.291 e. The summed E-state index contributed by atoms with van der Waals surface area (Å²) in [5.41, 5.74) is 1.83. The Hall–Kier alpha value is -0.840. The van der Waals surface area contributed by atoms with Crippen LogP contribution in [-0.2, 0) is 12.8 Å². The molecule has 2 aromatic rings. The van der Waals surface area contributed by atoms with Crippen LogP contribution >= 0.6 is 35.0 Å². The predicted octanol–water partition coefficient (Wildman–Crippen LogP) is 3.62. The molecule has 0 aliphatic heterocycles. The van der Waals surface area contributed by atoms with Gasteiger partial charge in [-0.1, -0.05) is 23.2 Å². The fourth-order valence-corrected chi connectivity index (χ4v) is 3.13. The minimum absolute atomic E-state index is 0.0912. The summed E-state index contributed by atoms with van der Waals surface area (Å²) < 4.78 is 1.71. The first-order valence-corrected chi connectivity index (χ1v) is 7.05. The Morgan fingerprint density at radius 1 is 1.28 bits per heavy atom. The Morgan fingerprint density at radius 2 is 2.00 bits per heavy atom. The molecule has 1 aromatic carbocycles. The van der Waals surface area contributed by atoms with Crippen LogP contribution < -0.4 is 5.56 Å². The summed E-state index contributed by atoms with van der Waals surface area (Å²) >= 11 is 13.7. The van der Waals surface area contributed by atoms with E-state index >= 15 is 0 Å². The average molecular weight is 303 g/mol. The number of nitrogens with one attached hydrogen (secondary N) is 1. The van der Waals surface area contributed by atoms with E-state index in [-0.39, 0.29) is 5.56 Å². The van der Waals surface area contributed by atoms with Gasteiger partial charge in [0.05, 0.1) is 10.7 Å². The number of rotatable bonds is 3. The molecular formula is C12H12Cl2N2OS. The number of hydrogen-bond donors (Lipinski definition) is 1. The standard InChI is InChI=1S/C12H12Cl2N2OS/c1-7-3-11(10(14)5-9(7)13)18-6-8-4-12(17)15-16(8)2/h3-5H,6H2,1-2H3,(H,15,17). The number of hydrogen-bond acceptors (Lipinski definition) is 2. The van der Waals surface area contributed by atoms with Crippen molar-refractivity contribution < 1.29 is 0 Å². The summed E-state index contributed by atoms with van der Waals surface area (Å²) in [4.78, 5) is 12.1. The fourth-order valence-electron chi connectivity index (χ4n) is 1.55. The highest BCUT2D eigenvalue weighted by Gasteiger charge is 2.07. The molecule has 0 atom stereocenters. The van der Waals surface area contributed by atoms with E-state index in [0.29, 0.717) is 15.8 Å².